The molecule has 1 aliphatic rings. The number of rotatable bonds is 6. The molecule has 1 aliphatic heterocycles. The van der Waals surface area contributed by atoms with E-state index in [1.165, 1.54) is 56.4 Å². The molecule has 0 bridgehead atoms. The first-order valence-corrected chi connectivity index (χ1v) is 7.38. The molecular formula is C16H26N2. The largest absolute Gasteiger partial charge is 0.399 e. The van der Waals surface area contributed by atoms with Crippen LogP contribution in [-0.4, -0.2) is 13.1 Å². The summed E-state index contributed by atoms with van der Waals surface area (Å²) in [5, 5.41) is 0. The summed E-state index contributed by atoms with van der Waals surface area (Å²) in [5.74, 6) is 0.831. The number of anilines is 2. The molecule has 18 heavy (non-hydrogen) atoms. The van der Waals surface area contributed by atoms with Gasteiger partial charge in [0.15, 0.2) is 0 Å². The summed E-state index contributed by atoms with van der Waals surface area (Å²) in [7, 11) is 0. The van der Waals surface area contributed by atoms with Crippen LogP contribution < -0.4 is 10.6 Å². The van der Waals surface area contributed by atoms with Crippen molar-refractivity contribution in [3.05, 3.63) is 23.8 Å². The smallest absolute Gasteiger partial charge is 0.0420 e. The molecule has 0 saturated heterocycles. The molecular weight excluding hydrogens is 220 g/mol. The Morgan fingerprint density at radius 2 is 2.17 bits per heavy atom. The highest BCUT2D eigenvalue weighted by Crippen LogP contribution is 2.31. The van der Waals surface area contributed by atoms with Gasteiger partial charge < -0.3 is 10.6 Å². The predicted molar refractivity (Wildman–Crippen MR) is 80.1 cm³/mol. The second-order valence-electron chi connectivity index (χ2n) is 5.50. The van der Waals surface area contributed by atoms with E-state index < -0.39 is 0 Å². The van der Waals surface area contributed by atoms with Gasteiger partial charge >= 0.3 is 0 Å². The van der Waals surface area contributed by atoms with E-state index in [4.69, 9.17) is 5.73 Å². The minimum atomic E-state index is 0.831. The maximum atomic E-state index is 5.91. The predicted octanol–water partition coefficient (Wildman–Crippen LogP) is 3.85. The molecule has 2 heteroatoms. The summed E-state index contributed by atoms with van der Waals surface area (Å²) >= 11 is 0. The van der Waals surface area contributed by atoms with Gasteiger partial charge in [-0.05, 0) is 36.5 Å². The maximum absolute atomic E-state index is 5.91. The van der Waals surface area contributed by atoms with Crippen molar-refractivity contribution < 1.29 is 0 Å². The zero-order valence-electron chi connectivity index (χ0n) is 11.8. The van der Waals surface area contributed by atoms with Crippen LogP contribution in [0.5, 0.6) is 0 Å². The Hall–Kier alpha value is -1.18. The summed E-state index contributed by atoms with van der Waals surface area (Å²) < 4.78 is 0. The molecule has 100 valence electrons. The van der Waals surface area contributed by atoms with Crippen molar-refractivity contribution in [1.29, 1.82) is 0 Å². The van der Waals surface area contributed by atoms with Crippen LogP contribution >= 0.6 is 0 Å². The normalized spacial score (nSPS) is 15.8. The molecule has 0 saturated carbocycles. The van der Waals surface area contributed by atoms with Gasteiger partial charge in [0, 0.05) is 24.5 Å². The molecule has 0 amide bonds. The first-order chi connectivity index (χ1) is 8.74. The highest BCUT2D eigenvalue weighted by atomic mass is 15.1. The minimum absolute atomic E-state index is 0.831. The molecule has 1 unspecified atom stereocenters. The fourth-order valence-corrected chi connectivity index (χ4v) is 2.88. The number of unbranched alkanes of at least 4 members (excludes halogenated alkanes) is 1. The van der Waals surface area contributed by atoms with E-state index in [9.17, 15) is 0 Å². The molecule has 0 aliphatic carbocycles. The van der Waals surface area contributed by atoms with Crippen LogP contribution in [0.15, 0.2) is 18.2 Å². The van der Waals surface area contributed by atoms with E-state index in [1.54, 1.807) is 0 Å². The highest BCUT2D eigenvalue weighted by Gasteiger charge is 2.21. The van der Waals surface area contributed by atoms with Crippen LogP contribution in [0.1, 0.15) is 45.1 Å². The van der Waals surface area contributed by atoms with Crippen molar-refractivity contribution in [2.24, 2.45) is 5.92 Å². The van der Waals surface area contributed by atoms with Crippen molar-refractivity contribution in [3.63, 3.8) is 0 Å². The zero-order valence-corrected chi connectivity index (χ0v) is 11.8. The lowest BCUT2D eigenvalue weighted by Crippen LogP contribution is -2.27. The molecule has 0 spiro atoms. The lowest BCUT2D eigenvalue weighted by molar-refractivity contribution is 0.449. The Labute approximate surface area is 111 Å². The van der Waals surface area contributed by atoms with Crippen LogP contribution in [0.25, 0.3) is 0 Å². The van der Waals surface area contributed by atoms with Crippen molar-refractivity contribution in [2.45, 2.75) is 46.0 Å². The summed E-state index contributed by atoms with van der Waals surface area (Å²) in [4.78, 5) is 2.54. The SMILES string of the molecule is CCCCC(CC)CN1CCc2ccc(N)cc21. The molecule has 2 nitrogen and oxygen atoms in total. The van der Waals surface area contributed by atoms with Gasteiger partial charge in [-0.2, -0.15) is 0 Å². The third-order valence-electron chi connectivity index (χ3n) is 4.12. The average molecular weight is 246 g/mol. The topological polar surface area (TPSA) is 29.3 Å². The minimum Gasteiger partial charge on any atom is -0.399 e. The molecule has 0 radical (unpaired) electrons. The molecule has 2 rings (SSSR count). The van der Waals surface area contributed by atoms with Gasteiger partial charge in [0.1, 0.15) is 0 Å². The Bertz CT molecular complexity index is 387. The third-order valence-corrected chi connectivity index (χ3v) is 4.12. The Morgan fingerprint density at radius 1 is 1.33 bits per heavy atom. The van der Waals surface area contributed by atoms with Gasteiger partial charge in [-0.25, -0.2) is 0 Å². The van der Waals surface area contributed by atoms with E-state index in [0.717, 1.165) is 11.6 Å². The second kappa shape index (κ2) is 6.12. The van der Waals surface area contributed by atoms with Crippen LogP contribution in [0.3, 0.4) is 0 Å². The van der Waals surface area contributed by atoms with Gasteiger partial charge in [0.05, 0.1) is 0 Å². The summed E-state index contributed by atoms with van der Waals surface area (Å²) in [6.45, 7) is 6.96. The van der Waals surface area contributed by atoms with Crippen molar-refractivity contribution >= 4 is 11.4 Å². The van der Waals surface area contributed by atoms with Crippen molar-refractivity contribution in [1.82, 2.24) is 0 Å². The van der Waals surface area contributed by atoms with Gasteiger partial charge in [0.2, 0.25) is 0 Å². The van der Waals surface area contributed by atoms with E-state index in [2.05, 4.69) is 30.9 Å². The van der Waals surface area contributed by atoms with E-state index >= 15 is 0 Å². The van der Waals surface area contributed by atoms with Gasteiger partial charge in [-0.1, -0.05) is 39.2 Å². The standard InChI is InChI=1S/C16H26N2/c1-3-5-6-13(4-2)12-18-10-9-14-7-8-15(17)11-16(14)18/h7-8,11,13H,3-6,9-10,12,17H2,1-2H3. The first-order valence-electron chi connectivity index (χ1n) is 7.38. The number of fused-ring (bicyclic) bond motifs is 1. The number of nitrogen functional groups attached to an aromatic ring is 1. The fourth-order valence-electron chi connectivity index (χ4n) is 2.88. The summed E-state index contributed by atoms with van der Waals surface area (Å²) in [5.41, 5.74) is 9.65. The number of benzene rings is 1. The van der Waals surface area contributed by atoms with Crippen molar-refractivity contribution in [2.75, 3.05) is 23.7 Å². The molecule has 1 heterocycles. The van der Waals surface area contributed by atoms with Gasteiger partial charge in [-0.15, -0.1) is 0 Å². The molecule has 1 aromatic carbocycles. The average Bonchev–Trinajstić information content (AvgIpc) is 2.77. The Balaban J connectivity index is 2.01. The van der Waals surface area contributed by atoms with E-state index in [0.29, 0.717) is 0 Å². The summed E-state index contributed by atoms with van der Waals surface area (Å²) in [6, 6.07) is 6.36. The lowest BCUT2D eigenvalue weighted by atomic mass is 9.98. The van der Waals surface area contributed by atoms with Crippen LogP contribution in [0, 0.1) is 5.92 Å². The van der Waals surface area contributed by atoms with Crippen LogP contribution in [0.2, 0.25) is 0 Å². The molecule has 1 atom stereocenters. The molecule has 0 aromatic heterocycles. The van der Waals surface area contributed by atoms with Crippen LogP contribution in [0.4, 0.5) is 11.4 Å². The Morgan fingerprint density at radius 3 is 2.89 bits per heavy atom. The zero-order chi connectivity index (χ0) is 13.0. The number of hydrogen-bond donors (Lipinski definition) is 1. The number of nitrogens with zero attached hydrogens (tertiary/aromatic N) is 1. The second-order valence-corrected chi connectivity index (χ2v) is 5.50. The van der Waals surface area contributed by atoms with E-state index in [-0.39, 0.29) is 0 Å². The van der Waals surface area contributed by atoms with E-state index in [1.807, 2.05) is 6.07 Å². The lowest BCUT2D eigenvalue weighted by Gasteiger charge is -2.25. The third kappa shape index (κ3) is 2.98. The Kier molecular flexibility index (Phi) is 4.51. The van der Waals surface area contributed by atoms with Gasteiger partial charge in [-0.3, -0.25) is 0 Å². The van der Waals surface area contributed by atoms with Crippen LogP contribution in [-0.2, 0) is 6.42 Å². The first kappa shape index (κ1) is 13.3. The molecule has 2 N–H and O–H groups in total. The quantitative estimate of drug-likeness (QED) is 0.773. The fraction of sp³-hybridized carbons (Fsp3) is 0.625. The number of nitrogens with two attached hydrogens (primary N) is 1. The maximum Gasteiger partial charge on any atom is 0.0420 e. The highest BCUT2D eigenvalue weighted by molar-refractivity contribution is 5.64. The van der Waals surface area contributed by atoms with Crippen molar-refractivity contribution in [3.8, 4) is 0 Å². The molecule has 1 aromatic rings. The number of hydrogen-bond acceptors (Lipinski definition) is 2. The summed E-state index contributed by atoms with van der Waals surface area (Å²) in [6.07, 6.45) is 6.49. The van der Waals surface area contributed by atoms with Gasteiger partial charge in [0.25, 0.3) is 0 Å². The molecule has 0 fully saturated rings. The monoisotopic (exact) mass is 246 g/mol.